The normalized spacial score (nSPS) is 29.5. The van der Waals surface area contributed by atoms with Crippen molar-refractivity contribution in [1.82, 2.24) is 0 Å². The molecule has 1 fully saturated rings. The van der Waals surface area contributed by atoms with E-state index in [1.165, 1.54) is 19.3 Å². The van der Waals surface area contributed by atoms with Crippen LogP contribution in [0.25, 0.3) is 0 Å². The molecule has 2 atom stereocenters. The molecule has 0 radical (unpaired) electrons. The first kappa shape index (κ1) is 11.2. The molecule has 0 heterocycles. The molecule has 1 aliphatic rings. The lowest BCUT2D eigenvalue weighted by Gasteiger charge is -2.32. The van der Waals surface area contributed by atoms with Gasteiger partial charge >= 0.3 is 8.80 Å². The lowest BCUT2D eigenvalue weighted by atomic mass is 10.1. The van der Waals surface area contributed by atoms with Crippen molar-refractivity contribution in [3.63, 3.8) is 0 Å². The van der Waals surface area contributed by atoms with Crippen molar-refractivity contribution in [2.75, 3.05) is 21.3 Å². The van der Waals surface area contributed by atoms with Gasteiger partial charge in [0.05, 0.1) is 0 Å². The van der Waals surface area contributed by atoms with E-state index in [-0.39, 0.29) is 0 Å². The van der Waals surface area contributed by atoms with Gasteiger partial charge in [-0.05, 0) is 12.3 Å². The van der Waals surface area contributed by atoms with Gasteiger partial charge in [0.2, 0.25) is 0 Å². The van der Waals surface area contributed by atoms with Gasteiger partial charge < -0.3 is 13.3 Å². The molecule has 1 rings (SSSR count). The molecule has 13 heavy (non-hydrogen) atoms. The smallest absolute Gasteiger partial charge is 0.377 e. The van der Waals surface area contributed by atoms with Gasteiger partial charge in [-0.3, -0.25) is 0 Å². The van der Waals surface area contributed by atoms with Gasteiger partial charge in [0.25, 0.3) is 0 Å². The Morgan fingerprint density at radius 1 is 1.00 bits per heavy atom. The Hall–Kier alpha value is 0.0969. The molecule has 2 unspecified atom stereocenters. The number of hydrogen-bond donors (Lipinski definition) is 0. The van der Waals surface area contributed by atoms with Gasteiger partial charge in [0.1, 0.15) is 0 Å². The van der Waals surface area contributed by atoms with Crippen LogP contribution in [0.4, 0.5) is 0 Å². The Morgan fingerprint density at radius 3 is 1.85 bits per heavy atom. The summed E-state index contributed by atoms with van der Waals surface area (Å²) in [7, 11) is 2.75. The molecule has 0 aliphatic heterocycles. The Labute approximate surface area is 81.7 Å². The summed E-state index contributed by atoms with van der Waals surface area (Å²) in [5.74, 6) is 0.673. The molecule has 1 saturated carbocycles. The van der Waals surface area contributed by atoms with Gasteiger partial charge in [-0.2, -0.15) is 0 Å². The summed E-state index contributed by atoms with van der Waals surface area (Å²) in [6.45, 7) is 2.26. The van der Waals surface area contributed by atoms with E-state index in [0.717, 1.165) is 0 Å². The minimum absolute atomic E-state index is 0.493. The molecule has 1 aliphatic carbocycles. The van der Waals surface area contributed by atoms with Gasteiger partial charge in [-0.25, -0.2) is 0 Å². The van der Waals surface area contributed by atoms with Crippen LogP contribution in [0.15, 0.2) is 0 Å². The van der Waals surface area contributed by atoms with Crippen molar-refractivity contribution in [1.29, 1.82) is 0 Å². The molecule has 0 aromatic rings. The minimum Gasteiger partial charge on any atom is -0.377 e. The summed E-state index contributed by atoms with van der Waals surface area (Å²) in [4.78, 5) is 0. The molecular weight excluding hydrogens is 184 g/mol. The summed E-state index contributed by atoms with van der Waals surface area (Å²) >= 11 is 0. The molecule has 0 spiro atoms. The highest BCUT2D eigenvalue weighted by Gasteiger charge is 2.51. The van der Waals surface area contributed by atoms with Crippen molar-refractivity contribution >= 4 is 8.80 Å². The molecular formula is C9H20O3Si. The van der Waals surface area contributed by atoms with Crippen molar-refractivity contribution < 1.29 is 13.3 Å². The average Bonchev–Trinajstić information content (AvgIpc) is 2.57. The topological polar surface area (TPSA) is 27.7 Å². The Kier molecular flexibility index (Phi) is 3.91. The van der Waals surface area contributed by atoms with E-state index in [1.807, 2.05) is 0 Å². The van der Waals surface area contributed by atoms with Crippen LogP contribution in [-0.4, -0.2) is 30.1 Å². The quantitative estimate of drug-likeness (QED) is 0.656. The highest BCUT2D eigenvalue weighted by molar-refractivity contribution is 6.62. The lowest BCUT2D eigenvalue weighted by molar-refractivity contribution is 0.106. The fourth-order valence-corrected chi connectivity index (χ4v) is 5.20. The summed E-state index contributed by atoms with van der Waals surface area (Å²) < 4.78 is 16.5. The zero-order chi connectivity index (χ0) is 9.90. The molecule has 0 aromatic carbocycles. The van der Waals surface area contributed by atoms with Crippen molar-refractivity contribution in [2.24, 2.45) is 5.92 Å². The van der Waals surface area contributed by atoms with E-state index < -0.39 is 8.80 Å². The van der Waals surface area contributed by atoms with E-state index in [2.05, 4.69) is 6.92 Å². The second-order valence-electron chi connectivity index (χ2n) is 3.73. The summed E-state index contributed by atoms with van der Waals surface area (Å²) in [5, 5.41) is 0. The monoisotopic (exact) mass is 204 g/mol. The molecule has 0 N–H and O–H groups in total. The third kappa shape index (κ3) is 1.96. The maximum atomic E-state index is 5.49. The standard InChI is InChI=1S/C9H20O3Si/c1-8-6-5-7-9(8)13(10-2,11-3)12-4/h8-9H,5-7H2,1-4H3. The van der Waals surface area contributed by atoms with Crippen LogP contribution >= 0.6 is 0 Å². The lowest BCUT2D eigenvalue weighted by Crippen LogP contribution is -2.48. The second-order valence-corrected chi connectivity index (χ2v) is 6.90. The van der Waals surface area contributed by atoms with Crippen LogP contribution in [0.2, 0.25) is 5.54 Å². The predicted molar refractivity (Wildman–Crippen MR) is 53.5 cm³/mol. The summed E-state index contributed by atoms with van der Waals surface area (Å²) in [6, 6.07) is 0. The first-order valence-corrected chi connectivity index (χ1v) is 6.66. The van der Waals surface area contributed by atoms with Crippen LogP contribution < -0.4 is 0 Å². The third-order valence-electron chi connectivity index (χ3n) is 3.17. The minimum atomic E-state index is -2.35. The molecule has 4 heteroatoms. The van der Waals surface area contributed by atoms with E-state index in [9.17, 15) is 0 Å². The van der Waals surface area contributed by atoms with Crippen LogP contribution in [0, 0.1) is 5.92 Å². The maximum Gasteiger partial charge on any atom is 0.503 e. The van der Waals surface area contributed by atoms with Crippen molar-refractivity contribution in [3.8, 4) is 0 Å². The third-order valence-corrected chi connectivity index (χ3v) is 6.64. The van der Waals surface area contributed by atoms with Gasteiger partial charge in [0, 0.05) is 26.9 Å². The van der Waals surface area contributed by atoms with E-state index in [4.69, 9.17) is 13.3 Å². The molecule has 3 nitrogen and oxygen atoms in total. The zero-order valence-corrected chi connectivity index (χ0v) is 10.0. The second kappa shape index (κ2) is 4.55. The predicted octanol–water partition coefficient (Wildman–Crippen LogP) is 2.05. The number of hydrogen-bond acceptors (Lipinski definition) is 3. The SMILES string of the molecule is CO[Si](OC)(OC)C1CCCC1C. The van der Waals surface area contributed by atoms with Crippen LogP contribution in [0.3, 0.4) is 0 Å². The van der Waals surface area contributed by atoms with Crippen molar-refractivity contribution in [3.05, 3.63) is 0 Å². The molecule has 78 valence electrons. The molecule has 0 amide bonds. The Balaban J connectivity index is 2.73. The zero-order valence-electron chi connectivity index (χ0n) is 9.00. The van der Waals surface area contributed by atoms with E-state index in [1.54, 1.807) is 21.3 Å². The van der Waals surface area contributed by atoms with Gasteiger partial charge in [0.15, 0.2) is 0 Å². The van der Waals surface area contributed by atoms with Crippen LogP contribution in [0.5, 0.6) is 0 Å². The van der Waals surface area contributed by atoms with E-state index >= 15 is 0 Å². The highest BCUT2D eigenvalue weighted by atomic mass is 28.4. The first-order chi connectivity index (χ1) is 6.20. The Bertz CT molecular complexity index is 151. The van der Waals surface area contributed by atoms with Crippen molar-refractivity contribution in [2.45, 2.75) is 31.7 Å². The number of rotatable bonds is 4. The van der Waals surface area contributed by atoms with Gasteiger partial charge in [-0.1, -0.05) is 19.8 Å². The Morgan fingerprint density at radius 2 is 1.54 bits per heavy atom. The highest BCUT2D eigenvalue weighted by Crippen LogP contribution is 2.43. The summed E-state index contributed by atoms with van der Waals surface area (Å²) in [5.41, 5.74) is 0.493. The summed E-state index contributed by atoms with van der Waals surface area (Å²) in [6.07, 6.45) is 3.73. The fourth-order valence-electron chi connectivity index (χ4n) is 2.37. The van der Waals surface area contributed by atoms with Crippen LogP contribution in [-0.2, 0) is 13.3 Å². The first-order valence-electron chi connectivity index (χ1n) is 4.85. The largest absolute Gasteiger partial charge is 0.503 e. The van der Waals surface area contributed by atoms with Crippen LogP contribution in [0.1, 0.15) is 26.2 Å². The molecule has 0 aromatic heterocycles. The average molecular weight is 204 g/mol. The van der Waals surface area contributed by atoms with E-state index in [0.29, 0.717) is 11.5 Å². The maximum absolute atomic E-state index is 5.49. The molecule has 0 bridgehead atoms. The fraction of sp³-hybridized carbons (Fsp3) is 1.00. The molecule has 0 saturated heterocycles. The van der Waals surface area contributed by atoms with Gasteiger partial charge in [-0.15, -0.1) is 0 Å².